The Hall–Kier alpha value is -2.10. The lowest BCUT2D eigenvalue weighted by molar-refractivity contribution is -0.117. The van der Waals surface area contributed by atoms with E-state index in [4.69, 9.17) is 10.5 Å². The highest BCUT2D eigenvalue weighted by Gasteiger charge is 2.21. The Labute approximate surface area is 149 Å². The predicted molar refractivity (Wildman–Crippen MR) is 100.0 cm³/mol. The van der Waals surface area contributed by atoms with Crippen LogP contribution in [0.2, 0.25) is 0 Å². The first-order valence-corrected chi connectivity index (χ1v) is 9.06. The molecule has 0 saturated heterocycles. The molecule has 2 rings (SSSR count). The number of halogens is 1. The first kappa shape index (κ1) is 19.2. The molecule has 0 bridgehead atoms. The second-order valence-electron chi connectivity index (χ2n) is 6.57. The molecule has 1 saturated carbocycles. The first-order valence-electron chi connectivity index (χ1n) is 9.06. The molecular formula is C21H28FNO2. The zero-order chi connectivity index (χ0) is 18.4. The fraction of sp³-hybridized carbons (Fsp3) is 0.476. The Morgan fingerprint density at radius 2 is 2.04 bits per heavy atom. The Kier molecular flexibility index (Phi) is 6.80. The van der Waals surface area contributed by atoms with Crippen LogP contribution < -0.4 is 10.5 Å². The molecule has 136 valence electrons. The number of rotatable bonds is 7. The number of carbonyl (C=O) groups is 1. The quantitative estimate of drug-likeness (QED) is 0.700. The van der Waals surface area contributed by atoms with Crippen molar-refractivity contribution in [1.29, 1.82) is 0 Å². The van der Waals surface area contributed by atoms with Gasteiger partial charge in [0.25, 0.3) is 0 Å². The fourth-order valence-corrected chi connectivity index (χ4v) is 3.50. The molecule has 3 nitrogen and oxygen atoms in total. The molecule has 0 spiro atoms. The molecule has 2 N–H and O–H groups in total. The van der Waals surface area contributed by atoms with Crippen molar-refractivity contribution >= 4 is 11.5 Å². The average molecular weight is 345 g/mol. The van der Waals surface area contributed by atoms with E-state index in [1.54, 1.807) is 0 Å². The third-order valence-electron chi connectivity index (χ3n) is 4.69. The third kappa shape index (κ3) is 4.94. The van der Waals surface area contributed by atoms with Crippen molar-refractivity contribution < 1.29 is 13.9 Å². The topological polar surface area (TPSA) is 52.3 Å². The Morgan fingerprint density at radius 1 is 1.36 bits per heavy atom. The summed E-state index contributed by atoms with van der Waals surface area (Å²) >= 11 is 0. The summed E-state index contributed by atoms with van der Waals surface area (Å²) in [6.45, 7) is 5.31. The summed E-state index contributed by atoms with van der Waals surface area (Å²) in [5.74, 6) is 0.175. The van der Waals surface area contributed by atoms with Gasteiger partial charge in [-0.15, -0.1) is 0 Å². The molecule has 1 amide bonds. The molecule has 0 aliphatic heterocycles. The van der Waals surface area contributed by atoms with Gasteiger partial charge in [-0.2, -0.15) is 0 Å². The predicted octanol–water partition coefficient (Wildman–Crippen LogP) is 5.09. The smallest absolute Gasteiger partial charge is 0.221 e. The van der Waals surface area contributed by atoms with Gasteiger partial charge in [-0.3, -0.25) is 4.79 Å². The number of hydrogen-bond acceptors (Lipinski definition) is 2. The summed E-state index contributed by atoms with van der Waals surface area (Å²) in [5, 5.41) is 0. The Morgan fingerprint density at radius 3 is 2.56 bits per heavy atom. The van der Waals surface area contributed by atoms with Crippen LogP contribution in [0.5, 0.6) is 5.75 Å². The van der Waals surface area contributed by atoms with Gasteiger partial charge in [0.1, 0.15) is 11.6 Å². The van der Waals surface area contributed by atoms with Crippen LogP contribution in [0, 0.1) is 0 Å². The van der Waals surface area contributed by atoms with Crippen molar-refractivity contribution in [3.05, 3.63) is 46.8 Å². The molecular weight excluding hydrogens is 317 g/mol. The van der Waals surface area contributed by atoms with Gasteiger partial charge in [-0.25, -0.2) is 4.39 Å². The summed E-state index contributed by atoms with van der Waals surface area (Å²) < 4.78 is 20.3. The van der Waals surface area contributed by atoms with E-state index in [2.05, 4.69) is 0 Å². The minimum atomic E-state index is -0.384. The van der Waals surface area contributed by atoms with Crippen LogP contribution in [0.4, 0.5) is 4.39 Å². The van der Waals surface area contributed by atoms with Gasteiger partial charge in [0.2, 0.25) is 5.91 Å². The lowest BCUT2D eigenvalue weighted by atomic mass is 9.92. The standard InChI is InChI=1S/C21H28FNO2/c1-4-17(14(3)22)18(5-2)19-12-15(13-21(23)24)10-11-20(19)25-16-8-6-7-9-16/h5,10-12,16H,4,6-9,13H2,1-3H3,(H2,23,24)/b17-14+,18-5+. The number of benzene rings is 1. The second kappa shape index (κ2) is 8.84. The normalized spacial score (nSPS) is 16.7. The Bertz CT molecular complexity index is 681. The van der Waals surface area contributed by atoms with Crippen molar-refractivity contribution in [2.45, 2.75) is 65.4 Å². The molecule has 25 heavy (non-hydrogen) atoms. The average Bonchev–Trinajstić information content (AvgIpc) is 3.06. The number of allylic oxidation sites excluding steroid dienone is 4. The summed E-state index contributed by atoms with van der Waals surface area (Å²) in [6.07, 6.45) is 7.32. The van der Waals surface area contributed by atoms with Gasteiger partial charge in [0, 0.05) is 5.56 Å². The number of amides is 1. The van der Waals surface area contributed by atoms with Crippen molar-refractivity contribution in [3.8, 4) is 5.75 Å². The van der Waals surface area contributed by atoms with Crippen molar-refractivity contribution in [1.82, 2.24) is 0 Å². The van der Waals surface area contributed by atoms with Crippen LogP contribution in [0.3, 0.4) is 0 Å². The number of nitrogens with two attached hydrogens (primary N) is 1. The fourth-order valence-electron chi connectivity index (χ4n) is 3.50. The van der Waals surface area contributed by atoms with Crippen LogP contribution in [-0.2, 0) is 11.2 Å². The van der Waals surface area contributed by atoms with E-state index in [0.29, 0.717) is 12.0 Å². The minimum Gasteiger partial charge on any atom is -0.490 e. The second-order valence-corrected chi connectivity index (χ2v) is 6.57. The van der Waals surface area contributed by atoms with E-state index in [9.17, 15) is 9.18 Å². The first-order chi connectivity index (χ1) is 12.0. The highest BCUT2D eigenvalue weighted by Crippen LogP contribution is 2.37. The number of primary amides is 1. The van der Waals surface area contributed by atoms with E-state index < -0.39 is 0 Å². The number of ether oxygens (including phenoxy) is 1. The summed E-state index contributed by atoms with van der Waals surface area (Å²) in [7, 11) is 0. The van der Waals surface area contributed by atoms with Crippen molar-refractivity contribution in [3.63, 3.8) is 0 Å². The highest BCUT2D eigenvalue weighted by molar-refractivity contribution is 5.83. The lowest BCUT2D eigenvalue weighted by Gasteiger charge is -2.20. The molecule has 1 aliphatic rings. The third-order valence-corrected chi connectivity index (χ3v) is 4.69. The molecule has 4 heteroatoms. The summed E-state index contributed by atoms with van der Waals surface area (Å²) in [6, 6.07) is 5.66. The molecule has 1 fully saturated rings. The molecule has 0 atom stereocenters. The largest absolute Gasteiger partial charge is 0.490 e. The molecule has 1 aromatic carbocycles. The van der Waals surface area contributed by atoms with Crippen LogP contribution in [0.1, 0.15) is 64.0 Å². The zero-order valence-electron chi connectivity index (χ0n) is 15.4. The lowest BCUT2D eigenvalue weighted by Crippen LogP contribution is -2.15. The highest BCUT2D eigenvalue weighted by atomic mass is 19.1. The minimum absolute atomic E-state index is 0.160. The van der Waals surface area contributed by atoms with Gasteiger partial charge < -0.3 is 10.5 Å². The molecule has 0 heterocycles. The van der Waals surface area contributed by atoms with Gasteiger partial charge in [0.05, 0.1) is 12.5 Å². The summed E-state index contributed by atoms with van der Waals surface area (Å²) in [5.41, 5.74) is 8.46. The number of hydrogen-bond donors (Lipinski definition) is 1. The molecule has 1 aromatic rings. The van der Waals surface area contributed by atoms with E-state index in [0.717, 1.165) is 35.3 Å². The van der Waals surface area contributed by atoms with Gasteiger partial charge in [-0.05, 0) is 74.8 Å². The zero-order valence-corrected chi connectivity index (χ0v) is 15.4. The number of carbonyl (C=O) groups excluding carboxylic acids is 1. The maximum atomic E-state index is 14.1. The van der Waals surface area contributed by atoms with E-state index in [-0.39, 0.29) is 24.3 Å². The molecule has 0 radical (unpaired) electrons. The van der Waals surface area contributed by atoms with Crippen LogP contribution in [-0.4, -0.2) is 12.0 Å². The maximum Gasteiger partial charge on any atom is 0.221 e. The van der Waals surface area contributed by atoms with E-state index >= 15 is 0 Å². The monoisotopic (exact) mass is 345 g/mol. The summed E-state index contributed by atoms with van der Waals surface area (Å²) in [4.78, 5) is 11.3. The van der Waals surface area contributed by atoms with Crippen molar-refractivity contribution in [2.75, 3.05) is 0 Å². The van der Waals surface area contributed by atoms with E-state index in [1.165, 1.54) is 19.8 Å². The maximum absolute atomic E-state index is 14.1. The SMILES string of the molecule is C/C=C(\C(CC)=C(/C)F)c1cc(CC(N)=O)ccc1OC1CCCC1. The van der Waals surface area contributed by atoms with Gasteiger partial charge >= 0.3 is 0 Å². The van der Waals surface area contributed by atoms with Crippen LogP contribution in [0.25, 0.3) is 5.57 Å². The molecule has 1 aliphatic carbocycles. The van der Waals surface area contributed by atoms with Gasteiger partial charge in [-0.1, -0.05) is 19.1 Å². The van der Waals surface area contributed by atoms with Crippen LogP contribution >= 0.6 is 0 Å². The van der Waals surface area contributed by atoms with Crippen molar-refractivity contribution in [2.24, 2.45) is 5.73 Å². The van der Waals surface area contributed by atoms with E-state index in [1.807, 2.05) is 38.1 Å². The molecule has 0 unspecified atom stereocenters. The molecule has 0 aromatic heterocycles. The van der Waals surface area contributed by atoms with Gasteiger partial charge in [0.15, 0.2) is 0 Å². The van der Waals surface area contributed by atoms with Crippen LogP contribution in [0.15, 0.2) is 35.7 Å². The Balaban J connectivity index is 2.48.